The fourth-order valence-electron chi connectivity index (χ4n) is 9.62. The van der Waals surface area contributed by atoms with Gasteiger partial charge in [-0.05, 0) is 121 Å². The van der Waals surface area contributed by atoms with Gasteiger partial charge in [0.1, 0.15) is 58.6 Å². The van der Waals surface area contributed by atoms with Crippen molar-refractivity contribution in [1.82, 2.24) is 49.1 Å². The molecule has 2 aliphatic rings. The van der Waals surface area contributed by atoms with Crippen molar-refractivity contribution in [2.24, 2.45) is 0 Å². The molecule has 2 atom stereocenters. The fourth-order valence-corrected chi connectivity index (χ4v) is 9.62. The molecule has 81 heavy (non-hydrogen) atoms. The van der Waals surface area contributed by atoms with Crippen molar-refractivity contribution in [3.05, 3.63) is 158 Å². The lowest BCUT2D eigenvalue weighted by atomic mass is 10.0. The standard InChI is InChI=1S/C29H32N6O2.C23H23N5O.C6H11NO2.C2HF3O/c1-20-26(21-11-13-24(14-12-21)37-23-8-5-4-6-9-23)27-28(30)31-19-32-29(27)35(20)22-15-17-34(18-22)25(36)10-7-16-33(2)3;1-15-20(16-7-9-19(10-8-16)29-18-5-3-2-4-6-18)21-22(24)26-14-27-23(21)28(15)17-11-12-25-13-17;1-7(2)5-3-4-6(8)9;3-2(4,5)1-6/h4-14,19,22H,15-18H2,1-3H3,(H2,30,31,32);2-10,14,17,25H,11-13H2,1H3,(H2,24,26,27);3-4H,5H2,1-2H3,(H,8,9);1H/b10-7+;;4-3+;/t22-;17-;;/m11../s1. The number of hydrogen-bond donors (Lipinski definition) is 4. The molecule has 6 heterocycles. The van der Waals surface area contributed by atoms with Crippen LogP contribution in [0.3, 0.4) is 0 Å². The molecule has 2 fully saturated rings. The number of ether oxygens (including phenoxy) is 2. The second kappa shape index (κ2) is 27.8. The van der Waals surface area contributed by atoms with E-state index in [-0.39, 0.29) is 11.9 Å². The number of fused-ring (bicyclic) bond motifs is 2. The van der Waals surface area contributed by atoms with Gasteiger partial charge in [0.05, 0.1) is 16.8 Å². The monoisotopic (exact) mass is 1110 g/mol. The molecule has 10 rings (SSSR count). The van der Waals surface area contributed by atoms with Crippen molar-refractivity contribution >= 4 is 51.9 Å². The summed E-state index contributed by atoms with van der Waals surface area (Å²) in [7, 11) is 7.73. The first-order valence-corrected chi connectivity index (χ1v) is 26.1. The summed E-state index contributed by atoms with van der Waals surface area (Å²) in [5.41, 5.74) is 20.8. The lowest BCUT2D eigenvalue weighted by Gasteiger charge is -2.18. The Morgan fingerprint density at radius 1 is 0.667 bits per heavy atom. The molecule has 1 amide bonds. The fraction of sp³-hybridized carbons (Fsp3) is 0.283. The van der Waals surface area contributed by atoms with E-state index < -0.39 is 18.4 Å². The lowest BCUT2D eigenvalue weighted by Crippen LogP contribution is -2.27. The van der Waals surface area contributed by atoms with Crippen LogP contribution in [-0.2, 0) is 14.4 Å². The summed E-state index contributed by atoms with van der Waals surface area (Å²) in [6.07, 6.45) is 5.61. The minimum absolute atomic E-state index is 0.0434. The number of aldehydes is 1. The minimum Gasteiger partial charge on any atom is -0.478 e. The molecule has 2 saturated heterocycles. The highest BCUT2D eigenvalue weighted by molar-refractivity contribution is 6.03. The van der Waals surface area contributed by atoms with Gasteiger partial charge in [-0.25, -0.2) is 24.7 Å². The Balaban J connectivity index is 0.000000190. The van der Waals surface area contributed by atoms with Crippen molar-refractivity contribution in [1.29, 1.82) is 0 Å². The Labute approximate surface area is 468 Å². The van der Waals surface area contributed by atoms with Gasteiger partial charge in [0.15, 0.2) is 0 Å². The Bertz CT molecular complexity index is 3430. The first-order valence-electron chi connectivity index (χ1n) is 26.1. The van der Waals surface area contributed by atoms with Gasteiger partial charge in [0, 0.05) is 73.4 Å². The summed E-state index contributed by atoms with van der Waals surface area (Å²) < 4.78 is 47.7. The number of carboxylic acids is 1. The van der Waals surface area contributed by atoms with Crippen LogP contribution in [-0.4, -0.2) is 141 Å². The van der Waals surface area contributed by atoms with Crippen molar-refractivity contribution in [3.63, 3.8) is 0 Å². The molecule has 0 bridgehead atoms. The average molecular weight is 1110 g/mol. The average Bonchev–Trinajstić information content (AvgIpc) is 4.47. The normalized spacial score (nSPS) is 15.1. The second-order valence-corrected chi connectivity index (χ2v) is 19.7. The highest BCUT2D eigenvalue weighted by atomic mass is 19.4. The van der Waals surface area contributed by atoms with Crippen molar-refractivity contribution in [2.45, 2.75) is 44.9 Å². The summed E-state index contributed by atoms with van der Waals surface area (Å²) in [5.74, 6) is 3.28. The number of para-hydroxylation sites is 2. The second-order valence-electron chi connectivity index (χ2n) is 19.7. The van der Waals surface area contributed by atoms with Crippen LogP contribution in [0.4, 0.5) is 24.8 Å². The molecule has 18 nitrogen and oxygen atoms in total. The Hall–Kier alpha value is -8.92. The smallest absolute Gasteiger partial charge is 0.446 e. The molecule has 0 aliphatic carbocycles. The first kappa shape index (κ1) is 59.7. The van der Waals surface area contributed by atoms with Crippen LogP contribution < -0.4 is 26.3 Å². The molecule has 0 unspecified atom stereocenters. The molecule has 4 aromatic heterocycles. The van der Waals surface area contributed by atoms with Gasteiger partial charge in [-0.2, -0.15) is 13.2 Å². The predicted octanol–water partition coefficient (Wildman–Crippen LogP) is 9.92. The van der Waals surface area contributed by atoms with Gasteiger partial charge in [-0.15, -0.1) is 0 Å². The van der Waals surface area contributed by atoms with Crippen LogP contribution in [0.5, 0.6) is 23.0 Å². The summed E-state index contributed by atoms with van der Waals surface area (Å²) in [6.45, 7) is 8.93. The number of aromatic nitrogens is 6. The van der Waals surface area contributed by atoms with E-state index in [4.69, 9.17) is 30.8 Å². The van der Waals surface area contributed by atoms with Gasteiger partial charge in [-0.1, -0.05) is 72.8 Å². The number of hydrogen-bond acceptors (Lipinski definition) is 14. The third kappa shape index (κ3) is 15.9. The lowest BCUT2D eigenvalue weighted by molar-refractivity contribution is -0.156. The number of nitrogens with one attached hydrogen (secondary N) is 1. The molecule has 424 valence electrons. The molecule has 6 N–H and O–H groups in total. The van der Waals surface area contributed by atoms with Crippen LogP contribution in [0.1, 0.15) is 36.3 Å². The van der Waals surface area contributed by atoms with Gasteiger partial charge in [0.25, 0.3) is 0 Å². The molecule has 0 radical (unpaired) electrons. The maximum absolute atomic E-state index is 12.7. The molecular weight excluding hydrogens is 1040 g/mol. The van der Waals surface area contributed by atoms with E-state index in [2.05, 4.69) is 60.4 Å². The van der Waals surface area contributed by atoms with Crippen LogP contribution in [0.15, 0.2) is 146 Å². The van der Waals surface area contributed by atoms with Crippen molar-refractivity contribution < 1.29 is 42.1 Å². The molecule has 0 saturated carbocycles. The van der Waals surface area contributed by atoms with E-state index in [1.54, 1.807) is 18.5 Å². The number of rotatable bonds is 14. The summed E-state index contributed by atoms with van der Waals surface area (Å²) >= 11 is 0. The molecule has 21 heteroatoms. The number of carboxylic acid groups (broad SMARTS) is 1. The largest absolute Gasteiger partial charge is 0.478 e. The summed E-state index contributed by atoms with van der Waals surface area (Å²) in [4.78, 5) is 54.9. The topological polar surface area (TPSA) is 225 Å². The number of likely N-dealkylation sites (tertiary alicyclic amines) is 1. The van der Waals surface area contributed by atoms with E-state index in [9.17, 15) is 22.8 Å². The number of carbonyl (C=O) groups is 3. The number of amides is 1. The molecule has 2 aliphatic heterocycles. The van der Waals surface area contributed by atoms with E-state index >= 15 is 0 Å². The van der Waals surface area contributed by atoms with E-state index in [0.29, 0.717) is 37.3 Å². The molecule has 8 aromatic rings. The van der Waals surface area contributed by atoms with Gasteiger partial charge in [0.2, 0.25) is 12.2 Å². The summed E-state index contributed by atoms with van der Waals surface area (Å²) in [6, 6.07) is 36.1. The van der Waals surface area contributed by atoms with Crippen LogP contribution in [0.25, 0.3) is 44.3 Å². The number of nitrogen functional groups attached to an aromatic ring is 2. The van der Waals surface area contributed by atoms with E-state index in [0.717, 1.165) is 117 Å². The number of aliphatic carboxylic acids is 1. The number of anilines is 2. The number of alkyl halides is 3. The van der Waals surface area contributed by atoms with Gasteiger partial charge < -0.3 is 55.2 Å². The highest BCUT2D eigenvalue weighted by Crippen LogP contribution is 2.42. The summed E-state index contributed by atoms with van der Waals surface area (Å²) in [5, 5.41) is 13.3. The number of halogens is 3. The van der Waals surface area contributed by atoms with E-state index in [1.807, 2.05) is 146 Å². The van der Waals surface area contributed by atoms with Gasteiger partial charge >= 0.3 is 12.1 Å². The number of nitrogens with two attached hydrogens (primary N) is 2. The molecule has 0 spiro atoms. The zero-order chi connectivity index (χ0) is 58.2. The van der Waals surface area contributed by atoms with Crippen molar-refractivity contribution in [3.8, 4) is 45.3 Å². The third-order valence-corrected chi connectivity index (χ3v) is 13.2. The minimum atomic E-state index is -4.64. The quantitative estimate of drug-likeness (QED) is 0.0587. The van der Waals surface area contributed by atoms with Gasteiger partial charge in [-0.3, -0.25) is 9.59 Å². The zero-order valence-electron chi connectivity index (χ0n) is 46.0. The maximum Gasteiger partial charge on any atom is 0.446 e. The van der Waals surface area contributed by atoms with Crippen LogP contribution in [0, 0.1) is 13.8 Å². The predicted molar refractivity (Wildman–Crippen MR) is 309 cm³/mol. The highest BCUT2D eigenvalue weighted by Gasteiger charge is 2.32. The number of likely N-dealkylation sites (N-methyl/N-ethyl adjacent to an activating group) is 2. The maximum atomic E-state index is 12.7. The number of nitrogens with zero attached hydrogens (tertiary/aromatic N) is 9. The Morgan fingerprint density at radius 3 is 1.51 bits per heavy atom. The van der Waals surface area contributed by atoms with Crippen LogP contribution >= 0.6 is 0 Å². The SMILES string of the molecule is CN(C)C/C=C/C(=O)O.Cc1c(-c2ccc(Oc3ccccc3)cc2)c2c(N)ncnc2n1[C@@H]1CCN(C(=O)/C=C/CN(C)C)C1.Cc1c(-c2ccc(Oc3ccccc3)cc2)c2c(N)ncnc2n1[C@@H]1CCNC1.O=CC(F)(F)F. The third-order valence-electron chi connectivity index (χ3n) is 13.2. The van der Waals surface area contributed by atoms with E-state index in [1.165, 1.54) is 6.33 Å². The zero-order valence-corrected chi connectivity index (χ0v) is 46.0. The first-order chi connectivity index (χ1) is 38.8. The van der Waals surface area contributed by atoms with Crippen molar-refractivity contribution in [2.75, 3.05) is 78.9 Å². The Morgan fingerprint density at radius 2 is 1.10 bits per heavy atom. The number of benzene rings is 4. The Kier molecular flexibility index (Phi) is 20.5. The van der Waals surface area contributed by atoms with Crippen LogP contribution in [0.2, 0.25) is 0 Å². The number of carbonyl (C=O) groups excluding carboxylic acids is 2. The molecule has 4 aromatic carbocycles. The molecular formula is C60H67F3N12O6.